The van der Waals surface area contributed by atoms with E-state index in [9.17, 15) is 13.5 Å². The zero-order valence-corrected chi connectivity index (χ0v) is 16.7. The van der Waals surface area contributed by atoms with Crippen molar-refractivity contribution in [2.45, 2.75) is 37.3 Å². The average Bonchev–Trinajstić information content (AvgIpc) is 2.60. The fourth-order valence-corrected chi connectivity index (χ4v) is 4.97. The Bertz CT molecular complexity index is 841. The van der Waals surface area contributed by atoms with E-state index in [0.717, 1.165) is 5.56 Å². The van der Waals surface area contributed by atoms with E-state index in [1.807, 2.05) is 44.2 Å². The molecule has 0 saturated heterocycles. The predicted molar refractivity (Wildman–Crippen MR) is 108 cm³/mol. The highest BCUT2D eigenvalue weighted by atomic mass is 32.2. The van der Waals surface area contributed by atoms with Gasteiger partial charge in [-0.25, -0.2) is 8.42 Å². The molecule has 2 rings (SSSR count). The molecule has 7 heteroatoms. The van der Waals surface area contributed by atoms with E-state index >= 15 is 0 Å². The molecule has 0 aromatic heterocycles. The molecule has 0 amide bonds. The quantitative estimate of drug-likeness (QED) is 0.448. The zero-order chi connectivity index (χ0) is 20.1. The SMILES string of the molecule is CC(C)CN(C(O)(CCN)Cc1ccccc1)S(=O)(=O)c1cccc(N)c1. The van der Waals surface area contributed by atoms with E-state index < -0.39 is 15.7 Å². The molecule has 0 spiro atoms. The lowest BCUT2D eigenvalue weighted by Crippen LogP contribution is -2.55. The smallest absolute Gasteiger partial charge is 0.245 e. The minimum absolute atomic E-state index is 0.0147. The van der Waals surface area contributed by atoms with Gasteiger partial charge < -0.3 is 16.6 Å². The lowest BCUT2D eigenvalue weighted by atomic mass is 9.98. The number of sulfonamides is 1. The van der Waals surface area contributed by atoms with Gasteiger partial charge in [-0.1, -0.05) is 50.2 Å². The van der Waals surface area contributed by atoms with E-state index in [0.29, 0.717) is 5.69 Å². The average molecular weight is 392 g/mol. The first-order valence-electron chi connectivity index (χ1n) is 9.04. The van der Waals surface area contributed by atoms with Gasteiger partial charge in [0.05, 0.1) is 4.90 Å². The summed E-state index contributed by atoms with van der Waals surface area (Å²) in [6.45, 7) is 4.14. The van der Waals surface area contributed by atoms with Gasteiger partial charge in [-0.3, -0.25) is 0 Å². The largest absolute Gasteiger partial charge is 0.399 e. The fourth-order valence-electron chi connectivity index (χ4n) is 3.08. The Hall–Kier alpha value is -1.93. The third-order valence-electron chi connectivity index (χ3n) is 4.32. The van der Waals surface area contributed by atoms with Crippen molar-refractivity contribution in [3.05, 3.63) is 60.2 Å². The zero-order valence-electron chi connectivity index (χ0n) is 15.9. The number of nitrogens with zero attached hydrogens (tertiary/aromatic N) is 1. The van der Waals surface area contributed by atoms with Gasteiger partial charge in [-0.2, -0.15) is 4.31 Å². The van der Waals surface area contributed by atoms with Crippen LogP contribution in [0.25, 0.3) is 0 Å². The molecule has 6 nitrogen and oxygen atoms in total. The molecule has 0 aliphatic rings. The van der Waals surface area contributed by atoms with Crippen molar-refractivity contribution in [2.75, 3.05) is 18.8 Å². The van der Waals surface area contributed by atoms with Crippen molar-refractivity contribution in [3.63, 3.8) is 0 Å². The van der Waals surface area contributed by atoms with Crippen molar-refractivity contribution in [1.29, 1.82) is 0 Å². The van der Waals surface area contributed by atoms with Crippen LogP contribution in [0.5, 0.6) is 0 Å². The number of rotatable bonds is 9. The van der Waals surface area contributed by atoms with Crippen molar-refractivity contribution < 1.29 is 13.5 Å². The van der Waals surface area contributed by atoms with Crippen LogP contribution in [0.3, 0.4) is 0 Å². The molecule has 148 valence electrons. The van der Waals surface area contributed by atoms with Gasteiger partial charge >= 0.3 is 0 Å². The van der Waals surface area contributed by atoms with Crippen LogP contribution in [0.15, 0.2) is 59.5 Å². The molecule has 2 aromatic rings. The first-order chi connectivity index (χ1) is 12.7. The van der Waals surface area contributed by atoms with Gasteiger partial charge in [0.1, 0.15) is 5.72 Å². The van der Waals surface area contributed by atoms with Gasteiger partial charge in [0.15, 0.2) is 0 Å². The molecule has 0 aliphatic carbocycles. The first-order valence-corrected chi connectivity index (χ1v) is 10.5. The molecule has 0 fully saturated rings. The van der Waals surface area contributed by atoms with Crippen LogP contribution < -0.4 is 11.5 Å². The van der Waals surface area contributed by atoms with Gasteiger partial charge in [-0.15, -0.1) is 0 Å². The van der Waals surface area contributed by atoms with Gasteiger partial charge in [0.25, 0.3) is 0 Å². The summed E-state index contributed by atoms with van der Waals surface area (Å²) >= 11 is 0. The van der Waals surface area contributed by atoms with Crippen molar-refractivity contribution in [2.24, 2.45) is 11.7 Å². The van der Waals surface area contributed by atoms with Crippen LogP contribution in [0.1, 0.15) is 25.8 Å². The summed E-state index contributed by atoms with van der Waals surface area (Å²) in [6.07, 6.45) is 0.273. The minimum Gasteiger partial charge on any atom is -0.399 e. The second-order valence-electron chi connectivity index (χ2n) is 7.19. The Balaban J connectivity index is 2.53. The maximum atomic E-state index is 13.4. The van der Waals surface area contributed by atoms with Gasteiger partial charge in [-0.05, 0) is 36.2 Å². The summed E-state index contributed by atoms with van der Waals surface area (Å²) in [5, 5.41) is 11.5. The van der Waals surface area contributed by atoms with E-state index in [1.54, 1.807) is 12.1 Å². The Morgan fingerprint density at radius 1 is 1.11 bits per heavy atom. The topological polar surface area (TPSA) is 110 Å². The fraction of sp³-hybridized carbons (Fsp3) is 0.400. The Morgan fingerprint density at radius 3 is 2.33 bits per heavy atom. The maximum absolute atomic E-state index is 13.4. The van der Waals surface area contributed by atoms with Crippen molar-refractivity contribution in [1.82, 2.24) is 4.31 Å². The molecule has 0 heterocycles. The summed E-state index contributed by atoms with van der Waals surface area (Å²) in [5.41, 5.74) is 11.1. The Labute approximate surface area is 161 Å². The normalized spacial score (nSPS) is 14.4. The predicted octanol–water partition coefficient (Wildman–Crippen LogP) is 2.20. The monoisotopic (exact) mass is 391 g/mol. The summed E-state index contributed by atoms with van der Waals surface area (Å²) in [4.78, 5) is 0.0617. The number of hydrogen-bond donors (Lipinski definition) is 3. The molecule has 0 radical (unpaired) electrons. The number of hydrogen-bond acceptors (Lipinski definition) is 5. The van der Waals surface area contributed by atoms with Crippen LogP contribution in [0, 0.1) is 5.92 Å². The molecule has 27 heavy (non-hydrogen) atoms. The van der Waals surface area contributed by atoms with Gasteiger partial charge in [0.2, 0.25) is 10.0 Å². The number of benzene rings is 2. The Morgan fingerprint density at radius 2 is 1.78 bits per heavy atom. The number of nitrogens with two attached hydrogens (primary N) is 2. The van der Waals surface area contributed by atoms with Crippen molar-refractivity contribution >= 4 is 15.7 Å². The van der Waals surface area contributed by atoms with Crippen LogP contribution in [0.4, 0.5) is 5.69 Å². The summed E-state index contributed by atoms with van der Waals surface area (Å²) < 4.78 is 28.0. The molecule has 0 bridgehead atoms. The highest BCUT2D eigenvalue weighted by Crippen LogP contribution is 2.30. The third-order valence-corrected chi connectivity index (χ3v) is 6.23. The Kier molecular flexibility index (Phi) is 7.00. The number of anilines is 1. The first kappa shape index (κ1) is 21.4. The molecular weight excluding hydrogens is 362 g/mol. The van der Waals surface area contributed by atoms with E-state index in [2.05, 4.69) is 0 Å². The number of aliphatic hydroxyl groups is 1. The van der Waals surface area contributed by atoms with Crippen LogP contribution in [-0.4, -0.2) is 36.6 Å². The molecule has 1 unspecified atom stereocenters. The molecule has 0 aliphatic heterocycles. The van der Waals surface area contributed by atoms with Crippen LogP contribution in [-0.2, 0) is 16.4 Å². The van der Waals surface area contributed by atoms with Crippen LogP contribution >= 0.6 is 0 Å². The second kappa shape index (κ2) is 8.84. The lowest BCUT2D eigenvalue weighted by molar-refractivity contribution is -0.0691. The van der Waals surface area contributed by atoms with E-state index in [4.69, 9.17) is 11.5 Å². The third kappa shape index (κ3) is 5.29. The molecule has 2 aromatic carbocycles. The van der Waals surface area contributed by atoms with Crippen molar-refractivity contribution in [3.8, 4) is 0 Å². The molecular formula is C20H29N3O3S. The van der Waals surface area contributed by atoms with E-state index in [-0.39, 0.29) is 36.7 Å². The lowest BCUT2D eigenvalue weighted by Gasteiger charge is -2.40. The molecule has 5 N–H and O–H groups in total. The molecule has 1 atom stereocenters. The van der Waals surface area contributed by atoms with E-state index in [1.165, 1.54) is 16.4 Å². The maximum Gasteiger partial charge on any atom is 0.245 e. The second-order valence-corrected chi connectivity index (χ2v) is 9.05. The number of nitrogen functional groups attached to an aromatic ring is 1. The molecule has 0 saturated carbocycles. The standard InChI is InChI=1S/C20H29N3O3S/c1-16(2)15-23(27(25,26)19-10-6-9-18(22)13-19)20(24,11-12-21)14-17-7-4-3-5-8-17/h3-10,13,16,24H,11-12,14-15,21-22H2,1-2H3. The summed E-state index contributed by atoms with van der Waals surface area (Å²) in [7, 11) is -3.97. The minimum atomic E-state index is -3.97. The highest BCUT2D eigenvalue weighted by Gasteiger charge is 2.42. The summed E-state index contributed by atoms with van der Waals surface area (Å²) in [5.74, 6) is 0.0147. The van der Waals surface area contributed by atoms with Crippen LogP contribution in [0.2, 0.25) is 0 Å². The summed E-state index contributed by atoms with van der Waals surface area (Å²) in [6, 6.07) is 15.4. The van der Waals surface area contributed by atoms with Gasteiger partial charge in [0, 0.05) is 25.1 Å². The highest BCUT2D eigenvalue weighted by molar-refractivity contribution is 7.89.